The van der Waals surface area contributed by atoms with Gasteiger partial charge in [0.1, 0.15) is 0 Å². The van der Waals surface area contributed by atoms with Gasteiger partial charge in [-0.1, -0.05) is 32.9 Å². The minimum absolute atomic E-state index is 0.0576. The van der Waals surface area contributed by atoms with Gasteiger partial charge in [0.05, 0.1) is 6.54 Å². The molecule has 0 saturated carbocycles. The van der Waals surface area contributed by atoms with Gasteiger partial charge < -0.3 is 10.3 Å². The molecule has 5 heteroatoms. The van der Waals surface area contributed by atoms with Crippen LogP contribution in [0.1, 0.15) is 45.8 Å². The number of piperidine rings is 1. The van der Waals surface area contributed by atoms with E-state index in [0.29, 0.717) is 11.8 Å². The van der Waals surface area contributed by atoms with E-state index in [1.165, 1.54) is 6.42 Å². The molecular formula is C14H26N4O. The SMILES string of the molecule is CC1CCN(Cc2nc(C(C)(C)C)no2)CC1CN. The largest absolute Gasteiger partial charge is 0.338 e. The highest BCUT2D eigenvalue weighted by atomic mass is 16.5. The number of nitrogens with two attached hydrogens (primary N) is 1. The van der Waals surface area contributed by atoms with Crippen LogP contribution >= 0.6 is 0 Å². The zero-order chi connectivity index (χ0) is 14.0. The van der Waals surface area contributed by atoms with E-state index in [-0.39, 0.29) is 5.41 Å². The molecule has 2 N–H and O–H groups in total. The van der Waals surface area contributed by atoms with Crippen LogP contribution in [0.15, 0.2) is 4.52 Å². The van der Waals surface area contributed by atoms with Crippen molar-refractivity contribution in [2.24, 2.45) is 17.6 Å². The summed E-state index contributed by atoms with van der Waals surface area (Å²) in [6.07, 6.45) is 1.20. The summed E-state index contributed by atoms with van der Waals surface area (Å²) in [4.78, 5) is 6.87. The number of nitrogens with zero attached hydrogens (tertiary/aromatic N) is 3. The molecule has 5 nitrogen and oxygen atoms in total. The number of rotatable bonds is 3. The zero-order valence-electron chi connectivity index (χ0n) is 12.5. The average molecular weight is 266 g/mol. The molecule has 19 heavy (non-hydrogen) atoms. The predicted molar refractivity (Wildman–Crippen MR) is 74.6 cm³/mol. The van der Waals surface area contributed by atoms with Crippen molar-refractivity contribution in [3.63, 3.8) is 0 Å². The maximum atomic E-state index is 5.83. The predicted octanol–water partition coefficient (Wildman–Crippen LogP) is 1.78. The molecule has 1 saturated heterocycles. The first-order valence-electron chi connectivity index (χ1n) is 7.15. The Balaban J connectivity index is 1.96. The van der Waals surface area contributed by atoms with Gasteiger partial charge in [0.25, 0.3) is 0 Å². The van der Waals surface area contributed by atoms with Crippen LogP contribution in [0.3, 0.4) is 0 Å². The summed E-state index contributed by atoms with van der Waals surface area (Å²) in [5, 5.41) is 4.07. The van der Waals surface area contributed by atoms with Crippen molar-refractivity contribution >= 4 is 0 Å². The second-order valence-corrected chi connectivity index (χ2v) is 6.76. The van der Waals surface area contributed by atoms with E-state index in [1.807, 2.05) is 0 Å². The molecule has 2 rings (SSSR count). The summed E-state index contributed by atoms with van der Waals surface area (Å²) in [5.41, 5.74) is 5.77. The van der Waals surface area contributed by atoms with Gasteiger partial charge in [0, 0.05) is 12.0 Å². The van der Waals surface area contributed by atoms with Gasteiger partial charge in [-0.25, -0.2) is 0 Å². The zero-order valence-corrected chi connectivity index (χ0v) is 12.5. The third-order valence-corrected chi connectivity index (χ3v) is 4.00. The van der Waals surface area contributed by atoms with Crippen LogP contribution in [0.2, 0.25) is 0 Å². The van der Waals surface area contributed by atoms with Crippen molar-refractivity contribution in [1.29, 1.82) is 0 Å². The van der Waals surface area contributed by atoms with Crippen LogP contribution in [-0.4, -0.2) is 34.7 Å². The van der Waals surface area contributed by atoms with E-state index in [1.54, 1.807) is 0 Å². The van der Waals surface area contributed by atoms with E-state index in [4.69, 9.17) is 10.3 Å². The molecule has 0 radical (unpaired) electrons. The fourth-order valence-corrected chi connectivity index (χ4v) is 2.49. The van der Waals surface area contributed by atoms with Gasteiger partial charge in [0.15, 0.2) is 5.82 Å². The highest BCUT2D eigenvalue weighted by molar-refractivity contribution is 5.00. The van der Waals surface area contributed by atoms with Crippen LogP contribution in [-0.2, 0) is 12.0 Å². The Hall–Kier alpha value is -0.940. The molecule has 0 aliphatic carbocycles. The second kappa shape index (κ2) is 5.59. The summed E-state index contributed by atoms with van der Waals surface area (Å²) in [6, 6.07) is 0. The Morgan fingerprint density at radius 2 is 2.16 bits per heavy atom. The summed E-state index contributed by atoms with van der Waals surface area (Å²) in [7, 11) is 0. The third-order valence-electron chi connectivity index (χ3n) is 4.00. The molecule has 1 aliphatic rings. The third kappa shape index (κ3) is 3.54. The molecule has 0 amide bonds. The number of hydrogen-bond acceptors (Lipinski definition) is 5. The van der Waals surface area contributed by atoms with Gasteiger partial charge in [-0.05, 0) is 31.3 Å². The van der Waals surface area contributed by atoms with Crippen molar-refractivity contribution in [3.05, 3.63) is 11.7 Å². The van der Waals surface area contributed by atoms with E-state index in [2.05, 4.69) is 42.7 Å². The fourth-order valence-electron chi connectivity index (χ4n) is 2.49. The Kier molecular flexibility index (Phi) is 4.26. The minimum Gasteiger partial charge on any atom is -0.338 e. The van der Waals surface area contributed by atoms with Crippen LogP contribution < -0.4 is 5.73 Å². The quantitative estimate of drug-likeness (QED) is 0.903. The number of hydrogen-bond donors (Lipinski definition) is 1. The summed E-state index contributed by atoms with van der Waals surface area (Å²) < 4.78 is 5.36. The van der Waals surface area contributed by atoms with Crippen molar-refractivity contribution in [2.75, 3.05) is 19.6 Å². The number of aromatic nitrogens is 2. The van der Waals surface area contributed by atoms with Gasteiger partial charge in [-0.15, -0.1) is 0 Å². The Morgan fingerprint density at radius 3 is 2.74 bits per heavy atom. The highest BCUT2D eigenvalue weighted by Crippen LogP contribution is 2.24. The lowest BCUT2D eigenvalue weighted by Crippen LogP contribution is -2.42. The molecule has 2 atom stereocenters. The van der Waals surface area contributed by atoms with Gasteiger partial charge in [-0.2, -0.15) is 4.98 Å². The Labute approximate surface area is 115 Å². The van der Waals surface area contributed by atoms with Gasteiger partial charge >= 0.3 is 0 Å². The molecule has 1 aliphatic heterocycles. The van der Waals surface area contributed by atoms with Crippen LogP contribution in [0.25, 0.3) is 0 Å². The maximum absolute atomic E-state index is 5.83. The van der Waals surface area contributed by atoms with Crippen molar-refractivity contribution in [3.8, 4) is 0 Å². The smallest absolute Gasteiger partial charge is 0.240 e. The van der Waals surface area contributed by atoms with Crippen LogP contribution in [0.4, 0.5) is 0 Å². The monoisotopic (exact) mass is 266 g/mol. The Morgan fingerprint density at radius 1 is 1.42 bits per heavy atom. The summed E-state index contributed by atoms with van der Waals surface area (Å²) in [6.45, 7) is 12.2. The van der Waals surface area contributed by atoms with Crippen LogP contribution in [0.5, 0.6) is 0 Å². The molecule has 0 spiro atoms. The fraction of sp³-hybridized carbons (Fsp3) is 0.857. The normalized spacial score (nSPS) is 25.7. The lowest BCUT2D eigenvalue weighted by molar-refractivity contribution is 0.114. The Bertz CT molecular complexity index is 410. The molecule has 1 aromatic heterocycles. The molecule has 2 heterocycles. The van der Waals surface area contributed by atoms with E-state index >= 15 is 0 Å². The molecule has 0 bridgehead atoms. The van der Waals surface area contributed by atoms with Gasteiger partial charge in [-0.3, -0.25) is 4.90 Å². The molecule has 1 aromatic rings. The van der Waals surface area contributed by atoms with E-state index in [9.17, 15) is 0 Å². The standard InChI is InChI=1S/C14H26N4O/c1-10-5-6-18(8-11(10)7-15)9-12-16-13(17-19-12)14(2,3)4/h10-11H,5-9,15H2,1-4H3. The molecule has 0 aromatic carbocycles. The molecule has 2 unspecified atom stereocenters. The highest BCUT2D eigenvalue weighted by Gasteiger charge is 2.27. The van der Waals surface area contributed by atoms with Crippen molar-refractivity contribution in [2.45, 2.75) is 46.1 Å². The van der Waals surface area contributed by atoms with Crippen molar-refractivity contribution in [1.82, 2.24) is 15.0 Å². The van der Waals surface area contributed by atoms with E-state index in [0.717, 1.165) is 37.9 Å². The topological polar surface area (TPSA) is 68.2 Å². The maximum Gasteiger partial charge on any atom is 0.240 e. The summed E-state index contributed by atoms with van der Waals surface area (Å²) >= 11 is 0. The van der Waals surface area contributed by atoms with Gasteiger partial charge in [0.2, 0.25) is 5.89 Å². The van der Waals surface area contributed by atoms with E-state index < -0.39 is 0 Å². The van der Waals surface area contributed by atoms with Crippen LogP contribution in [0, 0.1) is 11.8 Å². The first-order valence-corrected chi connectivity index (χ1v) is 7.15. The molecular weight excluding hydrogens is 240 g/mol. The average Bonchev–Trinajstić information content (AvgIpc) is 2.80. The molecule has 108 valence electrons. The molecule has 1 fully saturated rings. The summed E-state index contributed by atoms with van der Waals surface area (Å²) in [5.74, 6) is 2.80. The number of likely N-dealkylation sites (tertiary alicyclic amines) is 1. The van der Waals surface area contributed by atoms with Crippen molar-refractivity contribution < 1.29 is 4.52 Å². The lowest BCUT2D eigenvalue weighted by Gasteiger charge is -2.35. The second-order valence-electron chi connectivity index (χ2n) is 6.76. The first kappa shape index (κ1) is 14.5. The minimum atomic E-state index is -0.0576. The first-order chi connectivity index (χ1) is 8.90. The lowest BCUT2D eigenvalue weighted by atomic mass is 9.87.